The number of halogens is 3. The van der Waals surface area contributed by atoms with E-state index in [0.29, 0.717) is 29.4 Å². The first kappa shape index (κ1) is 20.7. The van der Waals surface area contributed by atoms with Gasteiger partial charge < -0.3 is 5.32 Å². The van der Waals surface area contributed by atoms with E-state index >= 15 is 0 Å². The van der Waals surface area contributed by atoms with E-state index in [1.807, 2.05) is 6.07 Å². The van der Waals surface area contributed by atoms with Gasteiger partial charge in [0, 0.05) is 31.3 Å². The maximum Gasteiger partial charge on any atom is 0.433 e. The van der Waals surface area contributed by atoms with Crippen molar-refractivity contribution in [2.24, 2.45) is 7.05 Å². The van der Waals surface area contributed by atoms with Crippen LogP contribution in [0.5, 0.6) is 0 Å². The number of aryl methyl sites for hydroxylation is 2. The van der Waals surface area contributed by atoms with E-state index < -0.39 is 11.9 Å². The Morgan fingerprint density at radius 2 is 1.94 bits per heavy atom. The van der Waals surface area contributed by atoms with Gasteiger partial charge in [-0.3, -0.25) is 19.1 Å². The average Bonchev–Trinajstić information content (AvgIpc) is 3.45. The molecule has 2 aliphatic rings. The molecule has 0 saturated heterocycles. The van der Waals surface area contributed by atoms with Crippen molar-refractivity contribution < 1.29 is 18.0 Å². The topological polar surface area (TPSA) is 77.6 Å². The van der Waals surface area contributed by atoms with Crippen LogP contribution >= 0.6 is 0 Å². The molecule has 3 aromatic heterocycles. The van der Waals surface area contributed by atoms with Crippen molar-refractivity contribution in [1.82, 2.24) is 29.9 Å². The zero-order valence-electron chi connectivity index (χ0n) is 17.6. The average molecular weight is 444 g/mol. The zero-order chi connectivity index (χ0) is 22.5. The molecule has 1 fully saturated rings. The number of amides is 1. The first-order valence-corrected chi connectivity index (χ1v) is 10.8. The molecule has 168 valence electrons. The molecular weight excluding hydrogens is 421 g/mol. The highest BCUT2D eigenvalue weighted by Gasteiger charge is 2.33. The number of carbonyl (C=O) groups is 1. The van der Waals surface area contributed by atoms with Crippen LogP contribution in [-0.4, -0.2) is 30.5 Å². The van der Waals surface area contributed by atoms with Gasteiger partial charge >= 0.3 is 6.18 Å². The van der Waals surface area contributed by atoms with Gasteiger partial charge in [0.05, 0.1) is 23.1 Å². The highest BCUT2D eigenvalue weighted by Crippen LogP contribution is 2.39. The Morgan fingerprint density at radius 3 is 2.69 bits per heavy atom. The molecule has 1 saturated carbocycles. The molecule has 0 radical (unpaired) electrons. The number of pyridine rings is 1. The molecule has 0 bridgehead atoms. The lowest BCUT2D eigenvalue weighted by Gasteiger charge is -2.17. The van der Waals surface area contributed by atoms with Gasteiger partial charge in [-0.15, -0.1) is 0 Å². The molecule has 4 heterocycles. The molecule has 1 N–H and O–H groups in total. The number of nitrogens with zero attached hydrogens (tertiary/aromatic N) is 5. The highest BCUT2D eigenvalue weighted by molar-refractivity contribution is 5.93. The summed E-state index contributed by atoms with van der Waals surface area (Å²) in [7, 11) is 1.76. The standard InChI is InChI=1S/C22H23F3N6O/c1-30-19(12-16(28-30)13-5-6-13)21(32)27-15-4-2-3-9-31-18(15)11-17(29-31)14-7-8-26-20(10-14)22(23,24)25/h7-8,10-13,15H,2-6,9H2,1H3,(H,27,32)/t15-/m1/s1. The predicted octanol–water partition coefficient (Wildman–Crippen LogP) is 4.23. The normalized spacial score (nSPS) is 18.8. The highest BCUT2D eigenvalue weighted by atomic mass is 19.4. The molecule has 32 heavy (non-hydrogen) atoms. The van der Waals surface area contributed by atoms with E-state index in [4.69, 9.17) is 0 Å². The van der Waals surface area contributed by atoms with Crippen molar-refractivity contribution >= 4 is 5.91 Å². The molecule has 1 aliphatic heterocycles. The molecule has 0 spiro atoms. The van der Waals surface area contributed by atoms with Crippen LogP contribution in [0.25, 0.3) is 11.3 Å². The van der Waals surface area contributed by atoms with Gasteiger partial charge in [-0.1, -0.05) is 0 Å². The van der Waals surface area contributed by atoms with Crippen molar-refractivity contribution in [3.63, 3.8) is 0 Å². The molecule has 0 unspecified atom stereocenters. The van der Waals surface area contributed by atoms with Crippen molar-refractivity contribution in [3.05, 3.63) is 53.2 Å². The molecule has 3 aromatic rings. The van der Waals surface area contributed by atoms with E-state index in [0.717, 1.165) is 55.8 Å². The molecular formula is C22H23F3N6O. The Kier molecular flexibility index (Phi) is 5.02. The fraction of sp³-hybridized carbons (Fsp3) is 0.455. The third-order valence-electron chi connectivity index (χ3n) is 6.06. The molecule has 10 heteroatoms. The minimum Gasteiger partial charge on any atom is -0.342 e. The fourth-order valence-electron chi connectivity index (χ4n) is 4.19. The van der Waals surface area contributed by atoms with Crippen molar-refractivity contribution in [1.29, 1.82) is 0 Å². The zero-order valence-corrected chi connectivity index (χ0v) is 17.6. The number of aromatic nitrogens is 5. The van der Waals surface area contributed by atoms with Gasteiger partial charge in [0.1, 0.15) is 11.4 Å². The van der Waals surface area contributed by atoms with E-state index in [2.05, 4.69) is 20.5 Å². The van der Waals surface area contributed by atoms with Crippen molar-refractivity contribution in [2.45, 2.75) is 56.8 Å². The molecule has 5 rings (SSSR count). The summed E-state index contributed by atoms with van der Waals surface area (Å²) in [6, 6.07) is 5.85. The summed E-state index contributed by atoms with van der Waals surface area (Å²) in [4.78, 5) is 16.4. The van der Waals surface area contributed by atoms with E-state index in [1.54, 1.807) is 22.5 Å². The summed E-state index contributed by atoms with van der Waals surface area (Å²) >= 11 is 0. The lowest BCUT2D eigenvalue weighted by Crippen LogP contribution is -2.30. The number of rotatable bonds is 4. The van der Waals surface area contributed by atoms with E-state index in [-0.39, 0.29) is 11.9 Å². The summed E-state index contributed by atoms with van der Waals surface area (Å²) in [5.74, 6) is 0.239. The van der Waals surface area contributed by atoms with Crippen molar-refractivity contribution in [3.8, 4) is 11.3 Å². The maximum atomic E-state index is 13.1. The third-order valence-corrected chi connectivity index (χ3v) is 6.06. The summed E-state index contributed by atoms with van der Waals surface area (Å²) in [6.07, 6.45) is 1.35. The van der Waals surface area contributed by atoms with Crippen molar-refractivity contribution in [2.75, 3.05) is 0 Å². The SMILES string of the molecule is Cn1nc(C2CC2)cc1C(=O)N[C@@H]1CCCCn2nc(-c3ccnc(C(F)(F)F)c3)cc21. The van der Waals surface area contributed by atoms with Crippen LogP contribution in [0.2, 0.25) is 0 Å². The first-order valence-electron chi connectivity index (χ1n) is 10.8. The van der Waals surface area contributed by atoms with Crippen LogP contribution in [0, 0.1) is 0 Å². The minimum atomic E-state index is -4.52. The number of hydrogen-bond donors (Lipinski definition) is 1. The first-order chi connectivity index (χ1) is 15.3. The van der Waals surface area contributed by atoms with Gasteiger partial charge in [0.15, 0.2) is 0 Å². The van der Waals surface area contributed by atoms with Gasteiger partial charge in [0.25, 0.3) is 5.91 Å². The monoisotopic (exact) mass is 444 g/mol. The van der Waals surface area contributed by atoms with E-state index in [9.17, 15) is 18.0 Å². The van der Waals surface area contributed by atoms with Gasteiger partial charge in [-0.05, 0) is 56.4 Å². The lowest BCUT2D eigenvalue weighted by molar-refractivity contribution is -0.141. The maximum absolute atomic E-state index is 13.1. The number of alkyl halides is 3. The van der Waals surface area contributed by atoms with Gasteiger partial charge in [-0.2, -0.15) is 23.4 Å². The number of carbonyl (C=O) groups excluding carboxylic acids is 1. The van der Waals surface area contributed by atoms with Crippen LogP contribution in [-0.2, 0) is 19.8 Å². The van der Waals surface area contributed by atoms with Crippen LogP contribution in [0.1, 0.15) is 71.6 Å². The van der Waals surface area contributed by atoms with Crippen LogP contribution < -0.4 is 5.32 Å². The van der Waals surface area contributed by atoms with E-state index in [1.165, 1.54) is 6.07 Å². The quantitative estimate of drug-likeness (QED) is 0.653. The Bertz CT molecular complexity index is 1160. The van der Waals surface area contributed by atoms with Gasteiger partial charge in [-0.25, -0.2) is 0 Å². The Morgan fingerprint density at radius 1 is 1.12 bits per heavy atom. The fourth-order valence-corrected chi connectivity index (χ4v) is 4.19. The predicted molar refractivity (Wildman–Crippen MR) is 110 cm³/mol. The molecule has 1 amide bonds. The molecule has 1 aliphatic carbocycles. The smallest absolute Gasteiger partial charge is 0.342 e. The molecule has 7 nitrogen and oxygen atoms in total. The minimum absolute atomic E-state index is 0.212. The number of nitrogens with one attached hydrogen (secondary N) is 1. The van der Waals surface area contributed by atoms with Crippen LogP contribution in [0.4, 0.5) is 13.2 Å². The second-order valence-corrected chi connectivity index (χ2v) is 8.48. The summed E-state index contributed by atoms with van der Waals surface area (Å²) in [6.45, 7) is 0.649. The number of fused-ring (bicyclic) bond motifs is 1. The Balaban J connectivity index is 1.42. The van der Waals surface area contributed by atoms with Crippen LogP contribution in [0.3, 0.4) is 0 Å². The summed E-state index contributed by atoms with van der Waals surface area (Å²) < 4.78 is 42.6. The van der Waals surface area contributed by atoms with Crippen LogP contribution in [0.15, 0.2) is 30.5 Å². The lowest BCUT2D eigenvalue weighted by atomic mass is 10.1. The Hall–Kier alpha value is -3.17. The third kappa shape index (κ3) is 4.01. The number of hydrogen-bond acceptors (Lipinski definition) is 4. The van der Waals surface area contributed by atoms with Gasteiger partial charge in [0.2, 0.25) is 0 Å². The second kappa shape index (κ2) is 7.75. The molecule has 1 atom stereocenters. The molecule has 0 aromatic carbocycles. The summed E-state index contributed by atoms with van der Waals surface area (Å²) in [5, 5.41) is 12.1. The summed E-state index contributed by atoms with van der Waals surface area (Å²) in [5.41, 5.74) is 2.08. The largest absolute Gasteiger partial charge is 0.433 e. The Labute approximate surface area is 182 Å². The second-order valence-electron chi connectivity index (χ2n) is 8.48.